The van der Waals surface area contributed by atoms with Gasteiger partial charge >= 0.3 is 5.97 Å². The van der Waals surface area contributed by atoms with Crippen molar-refractivity contribution < 1.29 is 9.53 Å². The molecule has 1 aromatic rings. The molecule has 0 spiro atoms. The lowest BCUT2D eigenvalue weighted by molar-refractivity contribution is 0.0615. The number of hydrogen-bond donors (Lipinski definition) is 0. The molecule has 0 fully saturated rings. The Bertz CT molecular complexity index is 314. The van der Waals surface area contributed by atoms with E-state index in [4.69, 9.17) is 4.74 Å². The van der Waals surface area contributed by atoms with Gasteiger partial charge in [-0.25, -0.2) is 4.79 Å². The van der Waals surface area contributed by atoms with Gasteiger partial charge in [-0.2, -0.15) is 0 Å². The highest BCUT2D eigenvalue weighted by molar-refractivity contribution is 5.89. The fraction of sp³-hybridized carbons (Fsp3) is 0.250. The molecule has 2 heteroatoms. The van der Waals surface area contributed by atoms with Crippen LogP contribution in [0.15, 0.2) is 42.7 Å². The summed E-state index contributed by atoms with van der Waals surface area (Å²) >= 11 is 0. The van der Waals surface area contributed by atoms with Gasteiger partial charge in [0.25, 0.3) is 0 Å². The Morgan fingerprint density at radius 1 is 1.36 bits per heavy atom. The largest absolute Gasteiger partial charge is 0.428 e. The molecule has 0 unspecified atom stereocenters. The second kappa shape index (κ2) is 5.22. The first-order valence-corrected chi connectivity index (χ1v) is 4.69. The molecule has 0 heterocycles. The van der Waals surface area contributed by atoms with Gasteiger partial charge in [-0.05, 0) is 18.6 Å². The molecule has 0 amide bonds. The van der Waals surface area contributed by atoms with E-state index in [1.165, 1.54) is 0 Å². The Morgan fingerprint density at radius 2 is 2.00 bits per heavy atom. The summed E-state index contributed by atoms with van der Waals surface area (Å²) in [5.74, 6) is 0.199. The summed E-state index contributed by atoms with van der Waals surface area (Å²) in [4.78, 5) is 11.4. The van der Waals surface area contributed by atoms with Crippen molar-refractivity contribution >= 4 is 5.97 Å². The van der Waals surface area contributed by atoms with Crippen LogP contribution in [0.1, 0.15) is 30.1 Å². The maximum Gasteiger partial charge on any atom is 0.343 e. The quantitative estimate of drug-likeness (QED) is 0.538. The van der Waals surface area contributed by atoms with E-state index >= 15 is 0 Å². The average molecular weight is 190 g/mol. The van der Waals surface area contributed by atoms with Crippen molar-refractivity contribution in [3.05, 3.63) is 48.2 Å². The van der Waals surface area contributed by atoms with Crippen LogP contribution in [0.5, 0.6) is 0 Å². The number of allylic oxidation sites excluding steroid dienone is 1. The van der Waals surface area contributed by atoms with Crippen LogP contribution in [0.4, 0.5) is 0 Å². The number of rotatable bonds is 4. The average Bonchev–Trinajstić information content (AvgIpc) is 2.19. The fourth-order valence-electron chi connectivity index (χ4n) is 1.09. The highest BCUT2D eigenvalue weighted by atomic mass is 16.5. The van der Waals surface area contributed by atoms with Crippen LogP contribution >= 0.6 is 0 Å². The summed E-state index contributed by atoms with van der Waals surface area (Å²) in [5.41, 5.74) is 0.560. The highest BCUT2D eigenvalue weighted by Gasteiger charge is 2.07. The van der Waals surface area contributed by atoms with E-state index in [1.54, 1.807) is 24.3 Å². The molecule has 0 atom stereocenters. The lowest BCUT2D eigenvalue weighted by atomic mass is 10.2. The minimum Gasteiger partial charge on any atom is -0.428 e. The molecule has 0 bridgehead atoms. The first-order chi connectivity index (χ1) is 6.74. The third-order valence-electron chi connectivity index (χ3n) is 1.78. The molecule has 2 nitrogen and oxygen atoms in total. The molecule has 0 aromatic heterocycles. The van der Waals surface area contributed by atoms with Crippen molar-refractivity contribution in [3.8, 4) is 0 Å². The number of carbonyl (C=O) groups excluding carboxylic acids is 1. The smallest absolute Gasteiger partial charge is 0.343 e. The van der Waals surface area contributed by atoms with Crippen LogP contribution in [0, 0.1) is 0 Å². The summed E-state index contributed by atoms with van der Waals surface area (Å²) in [6.45, 7) is 5.68. The SMILES string of the molecule is C=C(CCC)OC(=O)c1ccccc1. The van der Waals surface area contributed by atoms with E-state index in [2.05, 4.69) is 6.58 Å². The molecule has 0 aliphatic rings. The predicted molar refractivity (Wildman–Crippen MR) is 55.9 cm³/mol. The minimum absolute atomic E-state index is 0.330. The van der Waals surface area contributed by atoms with Crippen molar-refractivity contribution in [1.82, 2.24) is 0 Å². The Hall–Kier alpha value is -1.57. The van der Waals surface area contributed by atoms with E-state index in [0.29, 0.717) is 11.3 Å². The second-order valence-corrected chi connectivity index (χ2v) is 3.04. The molecule has 0 aliphatic carbocycles. The van der Waals surface area contributed by atoms with E-state index in [1.807, 2.05) is 13.0 Å². The van der Waals surface area contributed by atoms with Crippen molar-refractivity contribution in [3.63, 3.8) is 0 Å². The summed E-state index contributed by atoms with van der Waals surface area (Å²) in [6, 6.07) is 8.92. The van der Waals surface area contributed by atoms with Crippen LogP contribution in [-0.2, 0) is 4.74 Å². The maximum atomic E-state index is 11.4. The maximum absolute atomic E-state index is 11.4. The molecule has 0 radical (unpaired) electrons. The topological polar surface area (TPSA) is 26.3 Å². The molecule has 1 rings (SSSR count). The molecule has 0 saturated heterocycles. The minimum atomic E-state index is -0.330. The lowest BCUT2D eigenvalue weighted by Gasteiger charge is -2.05. The van der Waals surface area contributed by atoms with Crippen molar-refractivity contribution in [1.29, 1.82) is 0 Å². The van der Waals surface area contributed by atoms with Crippen LogP contribution in [-0.4, -0.2) is 5.97 Å². The van der Waals surface area contributed by atoms with Gasteiger partial charge < -0.3 is 4.74 Å². The second-order valence-electron chi connectivity index (χ2n) is 3.04. The monoisotopic (exact) mass is 190 g/mol. The summed E-state index contributed by atoms with van der Waals surface area (Å²) < 4.78 is 5.04. The van der Waals surface area contributed by atoms with Gasteiger partial charge in [0.15, 0.2) is 0 Å². The van der Waals surface area contributed by atoms with Gasteiger partial charge in [0.05, 0.1) is 5.56 Å². The zero-order chi connectivity index (χ0) is 10.4. The first-order valence-electron chi connectivity index (χ1n) is 4.69. The van der Waals surface area contributed by atoms with Gasteiger partial charge in [0.1, 0.15) is 5.76 Å². The predicted octanol–water partition coefficient (Wildman–Crippen LogP) is 3.16. The van der Waals surface area contributed by atoms with Gasteiger partial charge in [-0.15, -0.1) is 0 Å². The van der Waals surface area contributed by atoms with Crippen LogP contribution in [0.3, 0.4) is 0 Å². The van der Waals surface area contributed by atoms with Crippen molar-refractivity contribution in [2.75, 3.05) is 0 Å². The van der Waals surface area contributed by atoms with Crippen LogP contribution < -0.4 is 0 Å². The molecular formula is C12H14O2. The summed E-state index contributed by atoms with van der Waals surface area (Å²) in [7, 11) is 0. The Kier molecular flexibility index (Phi) is 3.92. The van der Waals surface area contributed by atoms with E-state index in [0.717, 1.165) is 12.8 Å². The Labute approximate surface area is 84.2 Å². The fourth-order valence-corrected chi connectivity index (χ4v) is 1.09. The number of esters is 1. The normalized spacial score (nSPS) is 9.50. The summed E-state index contributed by atoms with van der Waals surface area (Å²) in [5, 5.41) is 0. The molecule has 1 aromatic carbocycles. The molecule has 0 aliphatic heterocycles. The first kappa shape index (κ1) is 10.5. The molecule has 14 heavy (non-hydrogen) atoms. The van der Waals surface area contributed by atoms with E-state index < -0.39 is 0 Å². The lowest BCUT2D eigenvalue weighted by Crippen LogP contribution is -2.03. The Morgan fingerprint density at radius 3 is 2.57 bits per heavy atom. The van der Waals surface area contributed by atoms with Gasteiger partial charge in [0, 0.05) is 6.42 Å². The number of benzene rings is 1. The molecule has 74 valence electrons. The zero-order valence-electron chi connectivity index (χ0n) is 8.32. The van der Waals surface area contributed by atoms with Crippen molar-refractivity contribution in [2.45, 2.75) is 19.8 Å². The van der Waals surface area contributed by atoms with Gasteiger partial charge in [-0.1, -0.05) is 31.7 Å². The molecular weight excluding hydrogens is 176 g/mol. The number of ether oxygens (including phenoxy) is 1. The standard InChI is InChI=1S/C12H14O2/c1-3-7-10(2)14-12(13)11-8-5-4-6-9-11/h4-6,8-9H,2-3,7H2,1H3. The number of carbonyl (C=O) groups is 1. The zero-order valence-corrected chi connectivity index (χ0v) is 8.32. The molecule has 0 saturated carbocycles. The van der Waals surface area contributed by atoms with Gasteiger partial charge in [-0.3, -0.25) is 0 Å². The number of hydrogen-bond acceptors (Lipinski definition) is 2. The summed E-state index contributed by atoms with van der Waals surface area (Å²) in [6.07, 6.45) is 1.65. The Balaban J connectivity index is 2.55. The highest BCUT2D eigenvalue weighted by Crippen LogP contribution is 2.08. The third kappa shape index (κ3) is 3.05. The van der Waals surface area contributed by atoms with Crippen molar-refractivity contribution in [2.24, 2.45) is 0 Å². The third-order valence-corrected chi connectivity index (χ3v) is 1.78. The van der Waals surface area contributed by atoms with Gasteiger partial charge in [0.2, 0.25) is 0 Å². The van der Waals surface area contributed by atoms with Crippen LogP contribution in [0.2, 0.25) is 0 Å². The van der Waals surface area contributed by atoms with E-state index in [-0.39, 0.29) is 5.97 Å². The van der Waals surface area contributed by atoms with E-state index in [9.17, 15) is 4.79 Å². The van der Waals surface area contributed by atoms with Crippen LogP contribution in [0.25, 0.3) is 0 Å². The molecule has 0 N–H and O–H groups in total.